The van der Waals surface area contributed by atoms with E-state index in [9.17, 15) is 4.79 Å². The third kappa shape index (κ3) is 4.45. The number of ether oxygens (including phenoxy) is 1. The summed E-state index contributed by atoms with van der Waals surface area (Å²) in [6.45, 7) is 3.17. The second-order valence-corrected chi connectivity index (χ2v) is 3.94. The fraction of sp³-hybridized carbons (Fsp3) is 0.462. The van der Waals surface area contributed by atoms with E-state index in [1.807, 2.05) is 18.2 Å². The van der Waals surface area contributed by atoms with Gasteiger partial charge in [0.15, 0.2) is 0 Å². The summed E-state index contributed by atoms with van der Waals surface area (Å²) in [5.41, 5.74) is 1.01. The molecule has 0 fully saturated rings. The first-order valence-electron chi connectivity index (χ1n) is 5.54. The summed E-state index contributed by atoms with van der Waals surface area (Å²) in [5.74, 6) is 0.323. The van der Waals surface area contributed by atoms with Gasteiger partial charge in [0.05, 0.1) is 6.10 Å². The van der Waals surface area contributed by atoms with Crippen LogP contribution < -0.4 is 4.74 Å². The highest BCUT2D eigenvalue weighted by Gasteiger charge is 2.05. The Bertz CT molecular complexity index is 345. The quantitative estimate of drug-likeness (QED) is 0.614. The van der Waals surface area contributed by atoms with Crippen LogP contribution in [-0.4, -0.2) is 17.2 Å². The molecular formula is C13H18O3. The lowest BCUT2D eigenvalue weighted by molar-refractivity contribution is -0.131. The molecule has 0 aliphatic heterocycles. The number of aliphatic hydroxyl groups excluding tert-OH is 1. The van der Waals surface area contributed by atoms with Crippen molar-refractivity contribution in [2.75, 3.05) is 0 Å². The molecule has 3 heteroatoms. The summed E-state index contributed by atoms with van der Waals surface area (Å²) in [5, 5.41) is 9.16. The monoisotopic (exact) mass is 222 g/mol. The number of hydrogen-bond donors (Lipinski definition) is 1. The minimum absolute atomic E-state index is 0.277. The Morgan fingerprint density at radius 3 is 2.75 bits per heavy atom. The molecule has 88 valence electrons. The standard InChI is InChI=1S/C13H18O3/c1-10(14)6-5-8-12-7-3-4-9-13(12)16-11(2)15/h3-4,7,9-10,14H,5-6,8H2,1-2H3. The topological polar surface area (TPSA) is 46.5 Å². The molecule has 0 bridgehead atoms. The maximum Gasteiger partial charge on any atom is 0.308 e. The summed E-state index contributed by atoms with van der Waals surface area (Å²) >= 11 is 0. The van der Waals surface area contributed by atoms with Gasteiger partial charge in [0, 0.05) is 6.92 Å². The number of aryl methyl sites for hydroxylation is 1. The molecule has 0 aliphatic rings. The van der Waals surface area contributed by atoms with Crippen molar-refractivity contribution in [3.05, 3.63) is 29.8 Å². The van der Waals surface area contributed by atoms with Crippen molar-refractivity contribution in [2.24, 2.45) is 0 Å². The zero-order valence-corrected chi connectivity index (χ0v) is 9.77. The highest BCUT2D eigenvalue weighted by molar-refractivity contribution is 5.69. The molecule has 16 heavy (non-hydrogen) atoms. The Kier molecular flexibility index (Phi) is 4.99. The second-order valence-electron chi connectivity index (χ2n) is 3.94. The molecule has 0 radical (unpaired) electrons. The number of carbonyl (C=O) groups excluding carboxylic acids is 1. The van der Waals surface area contributed by atoms with Gasteiger partial charge in [0.2, 0.25) is 0 Å². The van der Waals surface area contributed by atoms with E-state index in [0.29, 0.717) is 5.75 Å². The lowest BCUT2D eigenvalue weighted by atomic mass is 10.1. The van der Waals surface area contributed by atoms with E-state index < -0.39 is 0 Å². The van der Waals surface area contributed by atoms with Gasteiger partial charge in [0.25, 0.3) is 0 Å². The van der Waals surface area contributed by atoms with Crippen LogP contribution in [0.2, 0.25) is 0 Å². The van der Waals surface area contributed by atoms with Crippen molar-refractivity contribution in [2.45, 2.75) is 39.2 Å². The van der Waals surface area contributed by atoms with E-state index in [2.05, 4.69) is 0 Å². The summed E-state index contributed by atoms with van der Waals surface area (Å²) in [6, 6.07) is 7.50. The van der Waals surface area contributed by atoms with Gasteiger partial charge in [-0.15, -0.1) is 0 Å². The smallest absolute Gasteiger partial charge is 0.308 e. The van der Waals surface area contributed by atoms with Gasteiger partial charge >= 0.3 is 5.97 Å². The number of rotatable bonds is 5. The Hall–Kier alpha value is -1.35. The van der Waals surface area contributed by atoms with Gasteiger partial charge in [-0.3, -0.25) is 4.79 Å². The predicted octanol–water partition coefficient (Wildman–Crippen LogP) is 2.32. The second kappa shape index (κ2) is 6.28. The van der Waals surface area contributed by atoms with Gasteiger partial charge in [-0.2, -0.15) is 0 Å². The number of hydrogen-bond acceptors (Lipinski definition) is 3. The largest absolute Gasteiger partial charge is 0.426 e. The van der Waals surface area contributed by atoms with Crippen LogP contribution in [0.25, 0.3) is 0 Å². The average molecular weight is 222 g/mol. The Labute approximate surface area is 96.1 Å². The van der Waals surface area contributed by atoms with Crippen LogP contribution in [0.5, 0.6) is 5.75 Å². The molecule has 0 saturated carbocycles. The Balaban J connectivity index is 2.60. The molecule has 1 atom stereocenters. The number of carbonyl (C=O) groups is 1. The van der Waals surface area contributed by atoms with Gasteiger partial charge in [-0.1, -0.05) is 18.2 Å². The molecule has 1 aromatic rings. The van der Waals surface area contributed by atoms with Crippen LogP contribution in [0.1, 0.15) is 32.3 Å². The molecule has 0 heterocycles. The highest BCUT2D eigenvalue weighted by atomic mass is 16.5. The van der Waals surface area contributed by atoms with E-state index in [-0.39, 0.29) is 12.1 Å². The van der Waals surface area contributed by atoms with Crippen LogP contribution in [0.3, 0.4) is 0 Å². The highest BCUT2D eigenvalue weighted by Crippen LogP contribution is 2.20. The van der Waals surface area contributed by atoms with E-state index in [1.165, 1.54) is 6.92 Å². The van der Waals surface area contributed by atoms with Crippen molar-refractivity contribution in [3.63, 3.8) is 0 Å². The summed E-state index contributed by atoms with van der Waals surface area (Å²) in [6.07, 6.45) is 2.18. The van der Waals surface area contributed by atoms with Crippen molar-refractivity contribution >= 4 is 5.97 Å². The first-order chi connectivity index (χ1) is 7.59. The van der Waals surface area contributed by atoms with Crippen LogP contribution in [0.4, 0.5) is 0 Å². The third-order valence-corrected chi connectivity index (χ3v) is 2.29. The van der Waals surface area contributed by atoms with Crippen molar-refractivity contribution in [1.82, 2.24) is 0 Å². The lowest BCUT2D eigenvalue weighted by Crippen LogP contribution is -2.05. The zero-order valence-electron chi connectivity index (χ0n) is 9.77. The van der Waals surface area contributed by atoms with Crippen molar-refractivity contribution < 1.29 is 14.6 Å². The molecule has 1 N–H and O–H groups in total. The third-order valence-electron chi connectivity index (χ3n) is 2.29. The average Bonchev–Trinajstić information content (AvgIpc) is 2.19. The lowest BCUT2D eigenvalue weighted by Gasteiger charge is -2.09. The minimum Gasteiger partial charge on any atom is -0.426 e. The van der Waals surface area contributed by atoms with Crippen LogP contribution >= 0.6 is 0 Å². The van der Waals surface area contributed by atoms with Crippen molar-refractivity contribution in [3.8, 4) is 5.75 Å². The summed E-state index contributed by atoms with van der Waals surface area (Å²) in [4.78, 5) is 10.9. The number of esters is 1. The fourth-order valence-corrected chi connectivity index (χ4v) is 1.55. The van der Waals surface area contributed by atoms with E-state index >= 15 is 0 Å². The van der Waals surface area contributed by atoms with E-state index in [0.717, 1.165) is 24.8 Å². The van der Waals surface area contributed by atoms with Gasteiger partial charge in [-0.05, 0) is 37.8 Å². The predicted molar refractivity (Wildman–Crippen MR) is 62.4 cm³/mol. The normalized spacial score (nSPS) is 12.2. The minimum atomic E-state index is -0.303. The van der Waals surface area contributed by atoms with Crippen LogP contribution in [0, 0.1) is 0 Å². The van der Waals surface area contributed by atoms with Crippen LogP contribution in [0.15, 0.2) is 24.3 Å². The summed E-state index contributed by atoms with van der Waals surface area (Å²) in [7, 11) is 0. The number of benzene rings is 1. The summed E-state index contributed by atoms with van der Waals surface area (Å²) < 4.78 is 5.10. The number of para-hydroxylation sites is 1. The van der Waals surface area contributed by atoms with Crippen LogP contribution in [-0.2, 0) is 11.2 Å². The maximum absolute atomic E-state index is 10.9. The fourth-order valence-electron chi connectivity index (χ4n) is 1.55. The molecule has 0 aromatic heterocycles. The first kappa shape index (κ1) is 12.7. The number of aliphatic hydroxyl groups is 1. The molecule has 0 spiro atoms. The van der Waals surface area contributed by atoms with E-state index in [1.54, 1.807) is 13.0 Å². The molecule has 1 rings (SSSR count). The molecule has 3 nitrogen and oxygen atoms in total. The molecule has 1 aromatic carbocycles. The molecule has 0 saturated heterocycles. The molecular weight excluding hydrogens is 204 g/mol. The first-order valence-corrected chi connectivity index (χ1v) is 5.54. The molecule has 0 amide bonds. The van der Waals surface area contributed by atoms with Gasteiger partial charge in [0.1, 0.15) is 5.75 Å². The SMILES string of the molecule is CC(=O)Oc1ccccc1CCCC(C)O. The zero-order chi connectivity index (χ0) is 12.0. The van der Waals surface area contributed by atoms with E-state index in [4.69, 9.17) is 9.84 Å². The molecule has 0 aliphatic carbocycles. The van der Waals surface area contributed by atoms with Gasteiger partial charge in [-0.25, -0.2) is 0 Å². The Morgan fingerprint density at radius 1 is 1.44 bits per heavy atom. The van der Waals surface area contributed by atoms with Gasteiger partial charge < -0.3 is 9.84 Å². The maximum atomic E-state index is 10.9. The Morgan fingerprint density at radius 2 is 2.12 bits per heavy atom. The van der Waals surface area contributed by atoms with Crippen molar-refractivity contribution in [1.29, 1.82) is 0 Å². The molecule has 1 unspecified atom stereocenters.